The summed E-state index contributed by atoms with van der Waals surface area (Å²) >= 11 is 10.8. The maximum atomic E-state index is 6.87. The Hall–Kier alpha value is -1.22. The Bertz CT molecular complexity index is 1520. The maximum absolute atomic E-state index is 6.87. The van der Waals surface area contributed by atoms with Gasteiger partial charge in [0.15, 0.2) is 0 Å². The molecule has 4 nitrogen and oxygen atoms in total. The predicted molar refractivity (Wildman–Crippen MR) is 281 cm³/mol. The van der Waals surface area contributed by atoms with Crippen molar-refractivity contribution >= 4 is 66.7 Å². The molecule has 0 aliphatic rings. The second-order valence-corrected chi connectivity index (χ2v) is 23.2. The third kappa shape index (κ3) is 26.1. The number of hydrogen-bond donors (Lipinski definition) is 0. The highest BCUT2D eigenvalue weighted by Gasteiger charge is 2.17. The Labute approximate surface area is 405 Å². The fourth-order valence-corrected chi connectivity index (χ4v) is 11.2. The molecule has 3 aromatic heterocycles. The molecular weight excluding hydrogens is 933 g/mol. The van der Waals surface area contributed by atoms with Gasteiger partial charge in [-0.25, -0.2) is 9.97 Å². The number of halogens is 2. The van der Waals surface area contributed by atoms with Gasteiger partial charge in [-0.3, -0.25) is 0 Å². The van der Waals surface area contributed by atoms with Crippen LogP contribution in [-0.4, -0.2) is 23.2 Å². The topological polar surface area (TPSA) is 44.2 Å². The van der Waals surface area contributed by atoms with Crippen molar-refractivity contribution in [1.29, 1.82) is 0 Å². The summed E-state index contributed by atoms with van der Waals surface area (Å²) in [6.07, 6.45) is 46.7. The zero-order valence-corrected chi connectivity index (χ0v) is 44.7. The first-order valence-electron chi connectivity index (χ1n) is 25.8. The molecule has 0 aromatic carbocycles. The first kappa shape index (κ1) is 55.1. The molecule has 0 radical (unpaired) electrons. The van der Waals surface area contributed by atoms with Gasteiger partial charge in [0.2, 0.25) is 11.8 Å². The third-order valence-corrected chi connectivity index (χ3v) is 15.5. The lowest BCUT2D eigenvalue weighted by atomic mass is 9.94. The minimum atomic E-state index is 0.516. The third-order valence-electron chi connectivity index (χ3n) is 12.4. The SMILES string of the molecule is CCCCCCCCCCC(CCCCCCCC)COc1n/c(=C\c2ccc(Br)s2)c(OCC(CCCCCCCC)CCCCCCCCCC)n/c1=C\c1ccc(Br)s1. The second-order valence-electron chi connectivity index (χ2n) is 18.2. The smallest absolute Gasteiger partial charge is 0.240 e. The van der Waals surface area contributed by atoms with E-state index in [9.17, 15) is 0 Å². The summed E-state index contributed by atoms with van der Waals surface area (Å²) < 4.78 is 15.9. The van der Waals surface area contributed by atoms with Crippen LogP contribution in [0.1, 0.15) is 243 Å². The van der Waals surface area contributed by atoms with Crippen LogP contribution < -0.4 is 20.2 Å². The highest BCUT2D eigenvalue weighted by atomic mass is 79.9. The van der Waals surface area contributed by atoms with E-state index in [1.165, 1.54) is 205 Å². The highest BCUT2D eigenvalue weighted by molar-refractivity contribution is 9.11. The van der Waals surface area contributed by atoms with Crippen LogP contribution in [0, 0.1) is 11.8 Å². The van der Waals surface area contributed by atoms with Crippen LogP contribution in [0.4, 0.5) is 0 Å². The molecule has 3 aromatic rings. The molecule has 0 fully saturated rings. The number of unbranched alkanes of at least 4 members (excludes halogenated alkanes) is 24. The number of thiophene rings is 2. The summed E-state index contributed by atoms with van der Waals surface area (Å²) in [5, 5.41) is 1.53. The molecule has 0 saturated carbocycles. The Kier molecular flexibility index (Phi) is 32.8. The van der Waals surface area contributed by atoms with Gasteiger partial charge in [-0.15, -0.1) is 22.7 Å². The number of aromatic nitrogens is 2. The van der Waals surface area contributed by atoms with Gasteiger partial charge in [0, 0.05) is 9.75 Å². The van der Waals surface area contributed by atoms with Crippen molar-refractivity contribution in [2.75, 3.05) is 13.2 Å². The zero-order chi connectivity index (χ0) is 44.3. The summed E-state index contributed by atoms with van der Waals surface area (Å²) in [6, 6.07) is 8.51. The van der Waals surface area contributed by atoms with Crippen molar-refractivity contribution in [3.05, 3.63) is 52.3 Å². The number of hydrogen-bond acceptors (Lipinski definition) is 6. The van der Waals surface area contributed by atoms with E-state index in [4.69, 9.17) is 19.4 Å². The lowest BCUT2D eigenvalue weighted by Gasteiger charge is -2.19. The monoisotopic (exact) mass is 1020 g/mol. The highest BCUT2D eigenvalue weighted by Crippen LogP contribution is 2.26. The van der Waals surface area contributed by atoms with E-state index in [2.05, 4.69) is 96.0 Å². The second kappa shape index (κ2) is 36.9. The Balaban J connectivity index is 1.86. The van der Waals surface area contributed by atoms with Crippen LogP contribution in [-0.2, 0) is 0 Å². The van der Waals surface area contributed by atoms with Crippen molar-refractivity contribution in [1.82, 2.24) is 9.97 Å². The normalized spacial score (nSPS) is 13.3. The fraction of sp³-hybridized carbons (Fsp3) is 0.741. The summed E-state index contributed by atoms with van der Waals surface area (Å²) in [6.45, 7) is 10.6. The van der Waals surface area contributed by atoms with E-state index in [1.54, 1.807) is 22.7 Å². The van der Waals surface area contributed by atoms with Crippen LogP contribution in [0.15, 0.2) is 31.8 Å². The van der Waals surface area contributed by atoms with Gasteiger partial charge in [0.05, 0.1) is 20.8 Å². The van der Waals surface area contributed by atoms with Crippen molar-refractivity contribution in [2.24, 2.45) is 11.8 Å². The van der Waals surface area contributed by atoms with E-state index in [0.717, 1.165) is 28.0 Å². The Morgan fingerprint density at radius 2 is 0.694 bits per heavy atom. The number of rotatable bonds is 40. The van der Waals surface area contributed by atoms with E-state index in [-0.39, 0.29) is 0 Å². The number of nitrogens with zero attached hydrogens (tertiary/aromatic N) is 2. The summed E-state index contributed by atoms with van der Waals surface area (Å²) in [5.74, 6) is 2.27. The molecule has 2 atom stereocenters. The molecule has 3 rings (SSSR count). The maximum Gasteiger partial charge on any atom is 0.240 e. The Morgan fingerprint density at radius 3 is 0.952 bits per heavy atom. The summed E-state index contributed by atoms with van der Waals surface area (Å²) in [5.41, 5.74) is 0. The fourth-order valence-electron chi connectivity index (χ4n) is 8.49. The molecular formula is C54H88Br2N2O2S2. The molecule has 0 bridgehead atoms. The molecule has 2 unspecified atom stereocenters. The van der Waals surface area contributed by atoms with Gasteiger partial charge in [-0.05, 0) is 106 Å². The molecule has 352 valence electrons. The largest absolute Gasteiger partial charge is 0.476 e. The van der Waals surface area contributed by atoms with Gasteiger partial charge in [-0.1, -0.05) is 207 Å². The molecule has 62 heavy (non-hydrogen) atoms. The standard InChI is InChI=1S/C54H88Br2N2O2S2/c1-5-9-13-17-21-23-27-31-35-45(33-29-25-19-15-11-7-3)43-59-53-49(41-47-37-39-51(55)61-47)58-54(50(57-53)42-48-38-40-52(56)62-48)60-44-46(34-30-26-20-16-12-8-4)36-32-28-24-22-18-14-10-6-2/h37-42,45-46H,5-36,43-44H2,1-4H3/b49-41-,50-42-. The van der Waals surface area contributed by atoms with Crippen LogP contribution in [0.3, 0.4) is 0 Å². The first-order valence-corrected chi connectivity index (χ1v) is 29.0. The van der Waals surface area contributed by atoms with Crippen LogP contribution >= 0.6 is 54.5 Å². The van der Waals surface area contributed by atoms with E-state index in [1.807, 2.05) is 0 Å². The van der Waals surface area contributed by atoms with Gasteiger partial charge in [-0.2, -0.15) is 0 Å². The first-order chi connectivity index (χ1) is 30.4. The van der Waals surface area contributed by atoms with Crippen LogP contribution in [0.2, 0.25) is 0 Å². The summed E-state index contributed by atoms with van der Waals surface area (Å²) in [7, 11) is 0. The lowest BCUT2D eigenvalue weighted by Crippen LogP contribution is -2.28. The zero-order valence-electron chi connectivity index (χ0n) is 39.9. The van der Waals surface area contributed by atoms with Gasteiger partial charge >= 0.3 is 0 Å². The number of ether oxygens (including phenoxy) is 2. The van der Waals surface area contributed by atoms with Crippen molar-refractivity contribution in [3.63, 3.8) is 0 Å². The molecule has 0 aliphatic heterocycles. The average Bonchev–Trinajstić information content (AvgIpc) is 3.89. The summed E-state index contributed by atoms with van der Waals surface area (Å²) in [4.78, 5) is 12.9. The molecule has 3 heterocycles. The van der Waals surface area contributed by atoms with Crippen molar-refractivity contribution in [3.8, 4) is 11.8 Å². The molecule has 0 saturated heterocycles. The predicted octanol–water partition coefficient (Wildman–Crippen LogP) is 18.3. The van der Waals surface area contributed by atoms with Gasteiger partial charge in [0.25, 0.3) is 0 Å². The minimum absolute atomic E-state index is 0.516. The average molecular weight is 1020 g/mol. The molecule has 8 heteroatoms. The molecule has 0 amide bonds. The van der Waals surface area contributed by atoms with Crippen LogP contribution in [0.5, 0.6) is 11.8 Å². The Morgan fingerprint density at radius 1 is 0.419 bits per heavy atom. The van der Waals surface area contributed by atoms with Crippen LogP contribution in [0.25, 0.3) is 12.2 Å². The lowest BCUT2D eigenvalue weighted by molar-refractivity contribution is 0.203. The van der Waals surface area contributed by atoms with E-state index >= 15 is 0 Å². The van der Waals surface area contributed by atoms with Gasteiger partial charge < -0.3 is 9.47 Å². The van der Waals surface area contributed by atoms with Crippen molar-refractivity contribution < 1.29 is 9.47 Å². The minimum Gasteiger partial charge on any atom is -0.476 e. The quantitative estimate of drug-likeness (QED) is 0.0533. The van der Waals surface area contributed by atoms with E-state index in [0.29, 0.717) is 36.8 Å². The van der Waals surface area contributed by atoms with Gasteiger partial charge in [0.1, 0.15) is 10.7 Å². The molecule has 0 aliphatic carbocycles. The van der Waals surface area contributed by atoms with E-state index < -0.39 is 0 Å². The van der Waals surface area contributed by atoms with Crippen molar-refractivity contribution in [2.45, 2.75) is 233 Å². The molecule has 0 N–H and O–H groups in total. The molecule has 0 spiro atoms.